The maximum absolute atomic E-state index is 12.7. The summed E-state index contributed by atoms with van der Waals surface area (Å²) in [6.45, 7) is 5.20. The fraction of sp³-hybridized carbons (Fsp3) is 0.588. The van der Waals surface area contributed by atoms with Crippen molar-refractivity contribution in [2.24, 2.45) is 13.0 Å². The van der Waals surface area contributed by atoms with Crippen LogP contribution in [-0.4, -0.2) is 58.0 Å². The van der Waals surface area contributed by atoms with Crippen LogP contribution >= 0.6 is 0 Å². The molecule has 0 atom stereocenters. The van der Waals surface area contributed by atoms with E-state index in [1.165, 1.54) is 10.5 Å². The van der Waals surface area contributed by atoms with Crippen molar-refractivity contribution in [3.63, 3.8) is 0 Å². The van der Waals surface area contributed by atoms with Crippen LogP contribution < -0.4 is 5.32 Å². The molecule has 0 aromatic carbocycles. The Morgan fingerprint density at radius 1 is 1.37 bits per heavy atom. The summed E-state index contributed by atoms with van der Waals surface area (Å²) in [5.41, 5.74) is 1.32. The second kappa shape index (κ2) is 7.81. The van der Waals surface area contributed by atoms with Gasteiger partial charge in [0.2, 0.25) is 0 Å². The largest absolute Gasteiger partial charge is 0.350 e. The lowest BCUT2D eigenvalue weighted by Gasteiger charge is -2.30. The van der Waals surface area contributed by atoms with Gasteiger partial charge >= 0.3 is 0 Å². The average molecular weight is 395 g/mol. The molecule has 0 unspecified atom stereocenters. The highest BCUT2D eigenvalue weighted by atomic mass is 32.2. The topological polar surface area (TPSA) is 113 Å². The summed E-state index contributed by atoms with van der Waals surface area (Å²) in [5, 5.41) is 7.22. The normalized spacial score (nSPS) is 16.6. The number of sulfonamides is 1. The number of piperidine rings is 1. The summed E-state index contributed by atoms with van der Waals surface area (Å²) in [6, 6.07) is 1.75. The van der Waals surface area contributed by atoms with Crippen molar-refractivity contribution in [2.75, 3.05) is 19.6 Å². The van der Waals surface area contributed by atoms with Crippen molar-refractivity contribution < 1.29 is 13.2 Å². The van der Waals surface area contributed by atoms with E-state index >= 15 is 0 Å². The van der Waals surface area contributed by atoms with Crippen LogP contribution in [0.25, 0.3) is 0 Å². The zero-order valence-electron chi connectivity index (χ0n) is 15.9. The molecule has 3 heterocycles. The molecule has 0 bridgehead atoms. The lowest BCUT2D eigenvalue weighted by molar-refractivity contribution is 0.0935. The molecule has 1 fully saturated rings. The predicted molar refractivity (Wildman–Crippen MR) is 99.7 cm³/mol. The zero-order chi connectivity index (χ0) is 19.6. The van der Waals surface area contributed by atoms with E-state index in [9.17, 15) is 13.2 Å². The summed E-state index contributed by atoms with van der Waals surface area (Å²) in [6.07, 6.45) is 3.45. The standard InChI is InChI=1S/C17H26N6O3S/c1-4-15-18-11-16(20-15)27(25,26)23-7-5-13(6-8-23)10-19-17(24)14-9-12(2)22(3)21-14/h9,11,13H,4-8,10H2,1-3H3,(H,18,20)(H,19,24). The molecule has 2 aromatic heterocycles. The predicted octanol–water partition coefficient (Wildman–Crippen LogP) is 0.845. The molecule has 148 valence electrons. The summed E-state index contributed by atoms with van der Waals surface area (Å²) >= 11 is 0. The number of aromatic amines is 1. The van der Waals surface area contributed by atoms with Crippen molar-refractivity contribution in [3.8, 4) is 0 Å². The van der Waals surface area contributed by atoms with Gasteiger partial charge in [-0.3, -0.25) is 9.48 Å². The first-order valence-electron chi connectivity index (χ1n) is 9.14. The quantitative estimate of drug-likeness (QED) is 0.754. The van der Waals surface area contributed by atoms with Crippen LogP contribution in [0.3, 0.4) is 0 Å². The Kier molecular flexibility index (Phi) is 5.66. The molecule has 3 rings (SSSR count). The van der Waals surface area contributed by atoms with Gasteiger partial charge in [0.25, 0.3) is 15.9 Å². The van der Waals surface area contributed by atoms with Gasteiger partial charge in [0.05, 0.1) is 6.20 Å². The Morgan fingerprint density at radius 2 is 2.07 bits per heavy atom. The van der Waals surface area contributed by atoms with Crippen molar-refractivity contribution in [1.29, 1.82) is 0 Å². The molecule has 1 aliphatic rings. The van der Waals surface area contributed by atoms with E-state index in [0.717, 1.165) is 5.69 Å². The van der Waals surface area contributed by atoms with Gasteiger partial charge in [-0.25, -0.2) is 13.4 Å². The highest BCUT2D eigenvalue weighted by molar-refractivity contribution is 7.89. The Bertz CT molecular complexity index is 889. The molecular formula is C17H26N6O3S. The smallest absolute Gasteiger partial charge is 0.271 e. The number of hydrogen-bond donors (Lipinski definition) is 2. The van der Waals surface area contributed by atoms with E-state index in [0.29, 0.717) is 50.4 Å². The molecular weight excluding hydrogens is 368 g/mol. The van der Waals surface area contributed by atoms with Crippen molar-refractivity contribution in [1.82, 2.24) is 29.4 Å². The van der Waals surface area contributed by atoms with Crippen molar-refractivity contribution in [3.05, 3.63) is 29.5 Å². The molecule has 10 heteroatoms. The van der Waals surface area contributed by atoms with Crippen LogP contribution in [0.5, 0.6) is 0 Å². The first-order valence-corrected chi connectivity index (χ1v) is 10.6. The van der Waals surface area contributed by atoms with E-state index in [2.05, 4.69) is 20.4 Å². The monoisotopic (exact) mass is 394 g/mol. The molecule has 2 aromatic rings. The Morgan fingerprint density at radius 3 is 2.63 bits per heavy atom. The molecule has 0 spiro atoms. The molecule has 1 saturated heterocycles. The molecule has 27 heavy (non-hydrogen) atoms. The third kappa shape index (κ3) is 4.22. The van der Waals surface area contributed by atoms with E-state index in [4.69, 9.17) is 0 Å². The number of H-pyrrole nitrogens is 1. The fourth-order valence-electron chi connectivity index (χ4n) is 3.15. The van der Waals surface area contributed by atoms with Gasteiger partial charge in [0, 0.05) is 38.8 Å². The Balaban J connectivity index is 1.52. The Hall–Kier alpha value is -2.20. The van der Waals surface area contributed by atoms with Gasteiger partial charge < -0.3 is 10.3 Å². The number of aryl methyl sites for hydroxylation is 3. The summed E-state index contributed by atoms with van der Waals surface area (Å²) < 4.78 is 28.5. The molecule has 0 radical (unpaired) electrons. The molecule has 9 nitrogen and oxygen atoms in total. The third-order valence-electron chi connectivity index (χ3n) is 5.03. The van der Waals surface area contributed by atoms with E-state index in [1.54, 1.807) is 17.8 Å². The number of nitrogens with one attached hydrogen (secondary N) is 2. The molecule has 1 amide bonds. The molecule has 2 N–H and O–H groups in total. The number of aromatic nitrogens is 4. The van der Waals surface area contributed by atoms with Crippen LogP contribution in [0.4, 0.5) is 0 Å². The number of carbonyl (C=O) groups excluding carboxylic acids is 1. The van der Waals surface area contributed by atoms with Crippen molar-refractivity contribution in [2.45, 2.75) is 38.1 Å². The van der Waals surface area contributed by atoms with Gasteiger partial charge in [-0.2, -0.15) is 9.40 Å². The van der Waals surface area contributed by atoms with Crippen molar-refractivity contribution >= 4 is 15.9 Å². The fourth-order valence-corrected chi connectivity index (χ4v) is 4.55. The number of imidazole rings is 1. The SMILES string of the molecule is CCc1ncc(S(=O)(=O)N2CCC(CNC(=O)c3cc(C)n(C)n3)CC2)[nH]1. The lowest BCUT2D eigenvalue weighted by atomic mass is 9.98. The number of carbonyl (C=O) groups is 1. The second-order valence-corrected chi connectivity index (χ2v) is 8.81. The minimum Gasteiger partial charge on any atom is -0.350 e. The van der Waals surface area contributed by atoms with E-state index in [-0.39, 0.29) is 16.9 Å². The maximum atomic E-state index is 12.7. The van der Waals surface area contributed by atoms with Gasteiger partial charge in [0.15, 0.2) is 5.03 Å². The maximum Gasteiger partial charge on any atom is 0.271 e. The first kappa shape index (κ1) is 19.6. The van der Waals surface area contributed by atoms with Crippen LogP contribution in [0.2, 0.25) is 0 Å². The van der Waals surface area contributed by atoms with Crippen LogP contribution in [0.1, 0.15) is 41.8 Å². The number of rotatable bonds is 6. The van der Waals surface area contributed by atoms with Crippen LogP contribution in [0.15, 0.2) is 17.3 Å². The highest BCUT2D eigenvalue weighted by Crippen LogP contribution is 2.22. The average Bonchev–Trinajstić information content (AvgIpc) is 3.27. The summed E-state index contributed by atoms with van der Waals surface area (Å²) in [7, 11) is -1.74. The Labute approximate surface area is 159 Å². The van der Waals surface area contributed by atoms with Gasteiger partial charge in [-0.05, 0) is 31.7 Å². The minimum absolute atomic E-state index is 0.150. The summed E-state index contributed by atoms with van der Waals surface area (Å²) in [4.78, 5) is 19.1. The lowest BCUT2D eigenvalue weighted by Crippen LogP contribution is -2.41. The first-order chi connectivity index (χ1) is 12.8. The number of hydrogen-bond acceptors (Lipinski definition) is 5. The summed E-state index contributed by atoms with van der Waals surface area (Å²) in [5.74, 6) is 0.715. The van der Waals surface area contributed by atoms with Gasteiger partial charge in [-0.1, -0.05) is 6.92 Å². The van der Waals surface area contributed by atoms with Gasteiger partial charge in [-0.15, -0.1) is 0 Å². The minimum atomic E-state index is -3.54. The van der Waals surface area contributed by atoms with E-state index < -0.39 is 10.0 Å². The number of nitrogens with zero attached hydrogens (tertiary/aromatic N) is 4. The van der Waals surface area contributed by atoms with Crippen LogP contribution in [-0.2, 0) is 23.5 Å². The van der Waals surface area contributed by atoms with E-state index in [1.807, 2.05) is 13.8 Å². The second-order valence-electron chi connectivity index (χ2n) is 6.90. The third-order valence-corrected chi connectivity index (χ3v) is 6.84. The molecule has 0 aliphatic carbocycles. The molecule has 0 saturated carbocycles. The molecule has 1 aliphatic heterocycles. The van der Waals surface area contributed by atoms with Crippen LogP contribution in [0, 0.1) is 12.8 Å². The van der Waals surface area contributed by atoms with Gasteiger partial charge in [0.1, 0.15) is 11.5 Å². The zero-order valence-corrected chi connectivity index (χ0v) is 16.7. The highest BCUT2D eigenvalue weighted by Gasteiger charge is 2.30. The number of amides is 1.